The Morgan fingerprint density at radius 1 is 1.08 bits per heavy atom. The van der Waals surface area contributed by atoms with Crippen molar-refractivity contribution < 1.29 is 19.0 Å². The number of nitrogens with one attached hydrogen (secondary N) is 1. The van der Waals surface area contributed by atoms with Crippen molar-refractivity contribution in [1.82, 2.24) is 5.32 Å². The molecule has 2 heterocycles. The lowest BCUT2D eigenvalue weighted by atomic mass is 9.97. The normalized spacial score (nSPS) is 21.7. The summed E-state index contributed by atoms with van der Waals surface area (Å²) in [4.78, 5) is 12.4. The van der Waals surface area contributed by atoms with Crippen molar-refractivity contribution in [2.24, 2.45) is 0 Å². The molecular formula is C19H19NO4. The number of hydrogen-bond donors (Lipinski definition) is 1. The number of fused-ring (bicyclic) bond motifs is 2. The van der Waals surface area contributed by atoms with Crippen molar-refractivity contribution in [1.29, 1.82) is 0 Å². The smallest absolute Gasteiger partial charge is 0.264 e. The molecule has 4 rings (SSSR count). The first-order valence-electron chi connectivity index (χ1n) is 8.17. The summed E-state index contributed by atoms with van der Waals surface area (Å²) >= 11 is 0. The van der Waals surface area contributed by atoms with E-state index in [0.717, 1.165) is 12.0 Å². The molecule has 2 aliphatic rings. The average molecular weight is 325 g/mol. The zero-order valence-corrected chi connectivity index (χ0v) is 13.2. The molecule has 5 nitrogen and oxygen atoms in total. The number of hydrogen-bond acceptors (Lipinski definition) is 4. The quantitative estimate of drug-likeness (QED) is 0.940. The standard InChI is InChI=1S/C19H19NO4/c21-19(18-12-23-15-7-3-4-8-16(15)24-18)20-11-17-14-6-2-1-5-13(14)9-10-22-17/h1-8,17-18H,9-12H2,(H,20,21)/t17-,18-/m0/s1. The molecule has 0 fully saturated rings. The Kier molecular flexibility index (Phi) is 4.09. The van der Waals surface area contributed by atoms with Gasteiger partial charge in [0.15, 0.2) is 11.5 Å². The maximum atomic E-state index is 12.4. The Bertz CT molecular complexity index is 746. The number of carbonyl (C=O) groups is 1. The van der Waals surface area contributed by atoms with Gasteiger partial charge in [-0.3, -0.25) is 4.79 Å². The minimum atomic E-state index is -0.640. The van der Waals surface area contributed by atoms with Crippen LogP contribution in [-0.4, -0.2) is 31.8 Å². The molecule has 0 aliphatic carbocycles. The van der Waals surface area contributed by atoms with Crippen LogP contribution in [0, 0.1) is 0 Å². The second-order valence-electron chi connectivity index (χ2n) is 5.92. The van der Waals surface area contributed by atoms with Crippen LogP contribution in [-0.2, 0) is 16.0 Å². The monoisotopic (exact) mass is 325 g/mol. The fourth-order valence-electron chi connectivity index (χ4n) is 3.10. The van der Waals surface area contributed by atoms with Crippen LogP contribution in [0.4, 0.5) is 0 Å². The second kappa shape index (κ2) is 6.53. The molecule has 1 amide bonds. The summed E-state index contributed by atoms with van der Waals surface area (Å²) in [5.41, 5.74) is 2.43. The van der Waals surface area contributed by atoms with Crippen LogP contribution in [0.25, 0.3) is 0 Å². The highest BCUT2D eigenvalue weighted by atomic mass is 16.6. The van der Waals surface area contributed by atoms with E-state index in [1.807, 2.05) is 30.3 Å². The van der Waals surface area contributed by atoms with Gasteiger partial charge < -0.3 is 19.5 Å². The Hall–Kier alpha value is -2.53. The molecular weight excluding hydrogens is 306 g/mol. The number of ether oxygens (including phenoxy) is 3. The lowest BCUT2D eigenvalue weighted by molar-refractivity contribution is -0.131. The topological polar surface area (TPSA) is 56.8 Å². The van der Waals surface area contributed by atoms with Gasteiger partial charge >= 0.3 is 0 Å². The van der Waals surface area contributed by atoms with Crippen LogP contribution in [0.15, 0.2) is 48.5 Å². The van der Waals surface area contributed by atoms with Crippen molar-refractivity contribution in [2.75, 3.05) is 19.8 Å². The summed E-state index contributed by atoms with van der Waals surface area (Å²) in [6.07, 6.45) is 0.159. The molecule has 2 atom stereocenters. The molecule has 0 spiro atoms. The minimum Gasteiger partial charge on any atom is -0.485 e. The molecule has 0 bridgehead atoms. The summed E-state index contributed by atoms with van der Waals surface area (Å²) in [6, 6.07) is 15.6. The van der Waals surface area contributed by atoms with Crippen molar-refractivity contribution in [3.63, 3.8) is 0 Å². The van der Waals surface area contributed by atoms with Gasteiger partial charge in [-0.05, 0) is 29.7 Å². The van der Waals surface area contributed by atoms with Crippen molar-refractivity contribution >= 4 is 5.91 Å². The van der Waals surface area contributed by atoms with Crippen LogP contribution < -0.4 is 14.8 Å². The molecule has 2 aliphatic heterocycles. The molecule has 1 N–H and O–H groups in total. The van der Waals surface area contributed by atoms with Gasteiger partial charge in [0.05, 0.1) is 6.61 Å². The third kappa shape index (κ3) is 2.95. The van der Waals surface area contributed by atoms with Crippen molar-refractivity contribution in [3.05, 3.63) is 59.7 Å². The largest absolute Gasteiger partial charge is 0.485 e. The summed E-state index contributed by atoms with van der Waals surface area (Å²) in [5, 5.41) is 2.92. The maximum Gasteiger partial charge on any atom is 0.264 e. The summed E-state index contributed by atoms with van der Waals surface area (Å²) in [5.74, 6) is 1.09. The maximum absolute atomic E-state index is 12.4. The third-order valence-corrected chi connectivity index (χ3v) is 4.36. The summed E-state index contributed by atoms with van der Waals surface area (Å²) in [6.45, 7) is 1.32. The molecule has 0 aromatic heterocycles. The van der Waals surface area contributed by atoms with E-state index in [1.165, 1.54) is 5.56 Å². The van der Waals surface area contributed by atoms with Crippen LogP contribution >= 0.6 is 0 Å². The first-order chi connectivity index (χ1) is 11.8. The average Bonchev–Trinajstić information content (AvgIpc) is 2.65. The zero-order chi connectivity index (χ0) is 16.4. The SMILES string of the molecule is O=C(NC[C@@H]1OCCc2ccccc21)[C@@H]1COc2ccccc2O1. The van der Waals surface area contributed by atoms with Gasteiger partial charge in [0.2, 0.25) is 6.10 Å². The van der Waals surface area contributed by atoms with Gasteiger partial charge in [-0.25, -0.2) is 0 Å². The lowest BCUT2D eigenvalue weighted by Crippen LogP contribution is -2.45. The number of amides is 1. The van der Waals surface area contributed by atoms with Gasteiger partial charge in [-0.1, -0.05) is 36.4 Å². The van der Waals surface area contributed by atoms with Crippen molar-refractivity contribution in [2.45, 2.75) is 18.6 Å². The Morgan fingerprint density at radius 3 is 2.79 bits per heavy atom. The zero-order valence-electron chi connectivity index (χ0n) is 13.2. The van der Waals surface area contributed by atoms with Gasteiger partial charge in [-0.2, -0.15) is 0 Å². The highest BCUT2D eigenvalue weighted by molar-refractivity contribution is 5.81. The molecule has 24 heavy (non-hydrogen) atoms. The number of para-hydroxylation sites is 2. The molecule has 0 unspecified atom stereocenters. The van der Waals surface area contributed by atoms with Crippen LogP contribution in [0.1, 0.15) is 17.2 Å². The van der Waals surface area contributed by atoms with Gasteiger partial charge in [-0.15, -0.1) is 0 Å². The second-order valence-corrected chi connectivity index (χ2v) is 5.92. The number of carbonyl (C=O) groups excluding carboxylic acids is 1. The van der Waals surface area contributed by atoms with Crippen molar-refractivity contribution in [3.8, 4) is 11.5 Å². The highest BCUT2D eigenvalue weighted by Gasteiger charge is 2.28. The van der Waals surface area contributed by atoms with Crippen LogP contribution in [0.3, 0.4) is 0 Å². The van der Waals surface area contributed by atoms with E-state index >= 15 is 0 Å². The molecule has 124 valence electrons. The van der Waals surface area contributed by atoms with E-state index in [-0.39, 0.29) is 18.6 Å². The molecule has 2 aromatic rings. The van der Waals surface area contributed by atoms with Gasteiger partial charge in [0.1, 0.15) is 12.7 Å². The highest BCUT2D eigenvalue weighted by Crippen LogP contribution is 2.31. The molecule has 2 aromatic carbocycles. The third-order valence-electron chi connectivity index (χ3n) is 4.36. The van der Waals surface area contributed by atoms with Gasteiger partial charge in [0.25, 0.3) is 5.91 Å². The van der Waals surface area contributed by atoms with Gasteiger partial charge in [0, 0.05) is 6.54 Å². The summed E-state index contributed by atoms with van der Waals surface area (Å²) < 4.78 is 17.1. The minimum absolute atomic E-state index is 0.115. The first kappa shape index (κ1) is 15.0. The van der Waals surface area contributed by atoms with E-state index < -0.39 is 6.10 Å². The first-order valence-corrected chi connectivity index (χ1v) is 8.17. The van der Waals surface area contributed by atoms with Crippen LogP contribution in [0.5, 0.6) is 11.5 Å². The Balaban J connectivity index is 1.38. The fraction of sp³-hybridized carbons (Fsp3) is 0.316. The van der Waals surface area contributed by atoms with E-state index in [0.29, 0.717) is 24.7 Å². The molecule has 0 saturated carbocycles. The van der Waals surface area contributed by atoms with E-state index in [9.17, 15) is 4.79 Å². The van der Waals surface area contributed by atoms with E-state index in [2.05, 4.69) is 17.4 Å². The van der Waals surface area contributed by atoms with E-state index in [1.54, 1.807) is 6.07 Å². The molecule has 5 heteroatoms. The van der Waals surface area contributed by atoms with E-state index in [4.69, 9.17) is 14.2 Å². The fourth-order valence-corrected chi connectivity index (χ4v) is 3.10. The Morgan fingerprint density at radius 2 is 1.88 bits per heavy atom. The predicted octanol–water partition coefficient (Wildman–Crippen LogP) is 2.26. The van der Waals surface area contributed by atoms with Crippen LogP contribution in [0.2, 0.25) is 0 Å². The number of benzene rings is 2. The Labute approximate surface area is 140 Å². The summed E-state index contributed by atoms with van der Waals surface area (Å²) in [7, 11) is 0. The predicted molar refractivity (Wildman–Crippen MR) is 88.2 cm³/mol. The molecule has 0 saturated heterocycles. The number of rotatable bonds is 3. The molecule has 0 radical (unpaired) electrons. The lowest BCUT2D eigenvalue weighted by Gasteiger charge is -2.28.